The summed E-state index contributed by atoms with van der Waals surface area (Å²) in [7, 11) is 1.61. The highest BCUT2D eigenvalue weighted by molar-refractivity contribution is 5.98. The Kier molecular flexibility index (Phi) is 4.84. The first-order chi connectivity index (χ1) is 13.7. The van der Waals surface area contributed by atoms with Crippen LogP contribution < -0.4 is 10.2 Å². The number of amides is 1. The van der Waals surface area contributed by atoms with Crippen molar-refractivity contribution in [2.75, 3.05) is 7.11 Å². The molecule has 0 radical (unpaired) electrons. The minimum absolute atomic E-state index is 0.342. The van der Waals surface area contributed by atoms with Crippen LogP contribution in [0.5, 0.6) is 5.75 Å². The molecular weight excluding hydrogens is 352 g/mol. The summed E-state index contributed by atoms with van der Waals surface area (Å²) < 4.78 is 5.11. The number of methoxy groups -OCH3 is 1. The molecule has 138 valence electrons. The van der Waals surface area contributed by atoms with Crippen LogP contribution in [0.3, 0.4) is 0 Å². The average Bonchev–Trinajstić information content (AvgIpc) is 3.24. The summed E-state index contributed by atoms with van der Waals surface area (Å²) >= 11 is 0. The van der Waals surface area contributed by atoms with E-state index in [1.807, 2.05) is 66.7 Å². The molecule has 1 aromatic heterocycles. The van der Waals surface area contributed by atoms with Gasteiger partial charge < -0.3 is 4.74 Å². The molecule has 3 aromatic carbocycles. The molecule has 0 aliphatic heterocycles. The number of carbonyl (C=O) groups excluding carboxylic acids is 1. The van der Waals surface area contributed by atoms with Crippen LogP contribution in [0.1, 0.15) is 16.1 Å². The number of aromatic amines is 1. The maximum atomic E-state index is 12.3. The van der Waals surface area contributed by atoms with Crippen molar-refractivity contribution in [1.82, 2.24) is 15.6 Å². The fourth-order valence-electron chi connectivity index (χ4n) is 2.94. The summed E-state index contributed by atoms with van der Waals surface area (Å²) in [5.74, 6) is 0.406. The molecule has 0 unspecified atom stereocenters. The van der Waals surface area contributed by atoms with E-state index in [0.717, 1.165) is 27.6 Å². The molecule has 2 N–H and O–H groups in total. The van der Waals surface area contributed by atoms with Gasteiger partial charge >= 0.3 is 0 Å². The van der Waals surface area contributed by atoms with Gasteiger partial charge in [0.25, 0.3) is 5.91 Å². The third-order valence-corrected chi connectivity index (χ3v) is 4.38. The fraction of sp³-hybridized carbons (Fsp3) is 0.0455. The molecule has 0 saturated carbocycles. The summed E-state index contributed by atoms with van der Waals surface area (Å²) in [6.45, 7) is 0. The highest BCUT2D eigenvalue weighted by atomic mass is 16.5. The normalized spacial score (nSPS) is 11.0. The van der Waals surface area contributed by atoms with Gasteiger partial charge in [-0.25, -0.2) is 5.43 Å². The van der Waals surface area contributed by atoms with Gasteiger partial charge in [0.2, 0.25) is 0 Å². The van der Waals surface area contributed by atoms with Crippen molar-refractivity contribution in [3.8, 4) is 17.0 Å². The Morgan fingerprint density at radius 3 is 2.68 bits per heavy atom. The van der Waals surface area contributed by atoms with Gasteiger partial charge in [0.05, 0.1) is 19.0 Å². The molecule has 0 bridgehead atoms. The molecule has 0 saturated heterocycles. The molecule has 4 aromatic rings. The van der Waals surface area contributed by atoms with Crippen molar-refractivity contribution in [2.24, 2.45) is 5.10 Å². The van der Waals surface area contributed by atoms with Crippen molar-refractivity contribution < 1.29 is 9.53 Å². The molecule has 0 fully saturated rings. The number of carbonyl (C=O) groups is 1. The van der Waals surface area contributed by atoms with E-state index in [1.54, 1.807) is 19.4 Å². The van der Waals surface area contributed by atoms with Crippen molar-refractivity contribution in [2.45, 2.75) is 0 Å². The molecule has 0 spiro atoms. The monoisotopic (exact) mass is 370 g/mol. The van der Waals surface area contributed by atoms with E-state index >= 15 is 0 Å². The van der Waals surface area contributed by atoms with E-state index in [2.05, 4.69) is 20.7 Å². The molecule has 6 heteroatoms. The highest BCUT2D eigenvalue weighted by Gasteiger charge is 2.12. The Bertz CT molecular complexity index is 1140. The zero-order chi connectivity index (χ0) is 19.3. The topological polar surface area (TPSA) is 79.4 Å². The van der Waals surface area contributed by atoms with Crippen molar-refractivity contribution in [1.29, 1.82) is 0 Å². The van der Waals surface area contributed by atoms with Crippen LogP contribution in [0.4, 0.5) is 0 Å². The number of ether oxygens (including phenoxy) is 1. The molecular formula is C22H18N4O2. The average molecular weight is 370 g/mol. The van der Waals surface area contributed by atoms with Crippen LogP contribution in [0.2, 0.25) is 0 Å². The van der Waals surface area contributed by atoms with E-state index in [4.69, 9.17) is 4.74 Å². The fourth-order valence-corrected chi connectivity index (χ4v) is 2.94. The Labute approximate surface area is 161 Å². The number of aromatic nitrogens is 2. The molecule has 0 atom stereocenters. The number of rotatable bonds is 5. The predicted octanol–water partition coefficient (Wildman–Crippen LogP) is 4.00. The SMILES string of the molecule is COc1ccc(C=NNC(=O)c2cc(-c3cccc4ccccc34)n[nH]2)cc1. The lowest BCUT2D eigenvalue weighted by Gasteiger charge is -2.02. The number of nitrogens with one attached hydrogen (secondary N) is 2. The standard InChI is InChI=1S/C22H18N4O2/c1-28-17-11-9-15(10-12-17)14-23-26-22(27)21-13-20(24-25-21)19-8-4-6-16-5-2-3-7-18(16)19/h2-14H,1H3,(H,24,25)(H,26,27). The predicted molar refractivity (Wildman–Crippen MR) is 110 cm³/mol. The Balaban J connectivity index is 1.49. The van der Waals surface area contributed by atoms with E-state index in [9.17, 15) is 4.79 Å². The maximum absolute atomic E-state index is 12.3. The zero-order valence-corrected chi connectivity index (χ0v) is 15.2. The quantitative estimate of drug-likeness (QED) is 0.412. The first kappa shape index (κ1) is 17.5. The van der Waals surface area contributed by atoms with Gasteiger partial charge in [0.15, 0.2) is 0 Å². The summed E-state index contributed by atoms with van der Waals surface area (Å²) in [6, 6.07) is 23.2. The number of benzene rings is 3. The van der Waals surface area contributed by atoms with Crippen molar-refractivity contribution >= 4 is 22.9 Å². The lowest BCUT2D eigenvalue weighted by molar-refractivity contribution is 0.0950. The summed E-state index contributed by atoms with van der Waals surface area (Å²) in [4.78, 5) is 12.3. The number of fused-ring (bicyclic) bond motifs is 1. The van der Waals surface area contributed by atoms with Gasteiger partial charge in [-0.3, -0.25) is 9.89 Å². The van der Waals surface area contributed by atoms with Crippen molar-refractivity contribution in [3.05, 3.63) is 84.1 Å². The van der Waals surface area contributed by atoms with Gasteiger partial charge in [0, 0.05) is 5.56 Å². The third kappa shape index (κ3) is 3.61. The lowest BCUT2D eigenvalue weighted by Crippen LogP contribution is -2.17. The first-order valence-corrected chi connectivity index (χ1v) is 8.75. The Hall–Kier alpha value is -3.93. The van der Waals surface area contributed by atoms with E-state index < -0.39 is 0 Å². The smallest absolute Gasteiger partial charge is 0.289 e. The lowest BCUT2D eigenvalue weighted by atomic mass is 10.0. The molecule has 1 amide bonds. The second-order valence-corrected chi connectivity index (χ2v) is 6.17. The minimum atomic E-state index is -0.358. The minimum Gasteiger partial charge on any atom is -0.497 e. The van der Waals surface area contributed by atoms with Crippen LogP contribution in [-0.2, 0) is 0 Å². The Morgan fingerprint density at radius 2 is 1.86 bits per heavy atom. The second-order valence-electron chi connectivity index (χ2n) is 6.17. The summed E-state index contributed by atoms with van der Waals surface area (Å²) in [5, 5.41) is 13.3. The number of hydrazone groups is 1. The second kappa shape index (κ2) is 7.75. The highest BCUT2D eigenvalue weighted by Crippen LogP contribution is 2.27. The van der Waals surface area contributed by atoms with Crippen LogP contribution in [0, 0.1) is 0 Å². The maximum Gasteiger partial charge on any atom is 0.289 e. The molecule has 0 aliphatic rings. The van der Waals surface area contributed by atoms with Crippen LogP contribution in [-0.4, -0.2) is 29.4 Å². The Morgan fingerprint density at radius 1 is 1.07 bits per heavy atom. The number of hydrogen-bond acceptors (Lipinski definition) is 4. The van der Waals surface area contributed by atoms with Crippen molar-refractivity contribution in [3.63, 3.8) is 0 Å². The van der Waals surface area contributed by atoms with Crippen LogP contribution in [0.15, 0.2) is 77.9 Å². The molecule has 0 aliphatic carbocycles. The zero-order valence-electron chi connectivity index (χ0n) is 15.2. The number of H-pyrrole nitrogens is 1. The molecule has 1 heterocycles. The molecule has 4 rings (SSSR count). The van der Waals surface area contributed by atoms with Gasteiger partial charge in [-0.2, -0.15) is 10.2 Å². The summed E-state index contributed by atoms with van der Waals surface area (Å²) in [5.41, 5.74) is 5.37. The number of hydrogen-bond donors (Lipinski definition) is 2. The van der Waals surface area contributed by atoms with E-state index in [1.165, 1.54) is 0 Å². The van der Waals surface area contributed by atoms with Gasteiger partial charge in [-0.1, -0.05) is 42.5 Å². The van der Waals surface area contributed by atoms with E-state index in [0.29, 0.717) is 11.4 Å². The largest absolute Gasteiger partial charge is 0.497 e. The third-order valence-electron chi connectivity index (χ3n) is 4.38. The van der Waals surface area contributed by atoms with Gasteiger partial charge in [-0.15, -0.1) is 0 Å². The van der Waals surface area contributed by atoms with Crippen LogP contribution >= 0.6 is 0 Å². The van der Waals surface area contributed by atoms with Crippen LogP contribution in [0.25, 0.3) is 22.0 Å². The van der Waals surface area contributed by atoms with E-state index in [-0.39, 0.29) is 5.91 Å². The molecule has 6 nitrogen and oxygen atoms in total. The number of nitrogens with zero attached hydrogens (tertiary/aromatic N) is 2. The first-order valence-electron chi connectivity index (χ1n) is 8.75. The van der Waals surface area contributed by atoms with Gasteiger partial charge in [0.1, 0.15) is 11.4 Å². The van der Waals surface area contributed by atoms with Gasteiger partial charge in [-0.05, 0) is 46.7 Å². The summed E-state index contributed by atoms with van der Waals surface area (Å²) in [6.07, 6.45) is 1.57. The molecule has 28 heavy (non-hydrogen) atoms.